The van der Waals surface area contributed by atoms with Crippen LogP contribution in [0.2, 0.25) is 0 Å². The molecule has 0 aromatic carbocycles. The van der Waals surface area contributed by atoms with Crippen molar-refractivity contribution in [3.05, 3.63) is 0 Å². The second kappa shape index (κ2) is 4.90. The Kier molecular flexibility index (Phi) is 4.23. The molecular formula is C14H25F3N2O. The van der Waals surface area contributed by atoms with Crippen molar-refractivity contribution in [3.63, 3.8) is 0 Å². The third-order valence-electron chi connectivity index (χ3n) is 3.95. The van der Waals surface area contributed by atoms with E-state index in [1.54, 1.807) is 0 Å². The van der Waals surface area contributed by atoms with Crippen LogP contribution in [-0.2, 0) is 4.79 Å². The van der Waals surface area contributed by atoms with Gasteiger partial charge in [0.25, 0.3) is 0 Å². The number of carbonyl (C=O) groups excluding carboxylic acids is 1. The fraction of sp³-hybridized carbons (Fsp3) is 0.929. The van der Waals surface area contributed by atoms with E-state index >= 15 is 0 Å². The summed E-state index contributed by atoms with van der Waals surface area (Å²) in [7, 11) is 0. The molecule has 0 spiro atoms. The third-order valence-corrected chi connectivity index (χ3v) is 3.95. The van der Waals surface area contributed by atoms with E-state index in [-0.39, 0.29) is 16.9 Å². The highest BCUT2D eigenvalue weighted by molar-refractivity contribution is 5.86. The maximum absolute atomic E-state index is 12.8. The van der Waals surface area contributed by atoms with Crippen LogP contribution in [0.15, 0.2) is 0 Å². The summed E-state index contributed by atoms with van der Waals surface area (Å²) < 4.78 is 38.3. The summed E-state index contributed by atoms with van der Waals surface area (Å²) in [5.74, 6) is -1.15. The van der Waals surface area contributed by atoms with Crippen molar-refractivity contribution in [2.24, 2.45) is 16.6 Å². The summed E-state index contributed by atoms with van der Waals surface area (Å²) in [6.07, 6.45) is -2.45. The van der Waals surface area contributed by atoms with Crippen molar-refractivity contribution in [1.29, 1.82) is 0 Å². The minimum atomic E-state index is -4.75. The first-order valence-electron chi connectivity index (χ1n) is 6.83. The van der Waals surface area contributed by atoms with Gasteiger partial charge < -0.3 is 11.1 Å². The second-order valence-corrected chi connectivity index (χ2v) is 7.78. The van der Waals surface area contributed by atoms with Gasteiger partial charge in [0.2, 0.25) is 5.91 Å². The molecule has 0 bridgehead atoms. The van der Waals surface area contributed by atoms with Crippen molar-refractivity contribution >= 4 is 5.91 Å². The molecule has 1 atom stereocenters. The topological polar surface area (TPSA) is 55.1 Å². The Morgan fingerprint density at radius 3 is 1.90 bits per heavy atom. The molecular weight excluding hydrogens is 269 g/mol. The maximum atomic E-state index is 12.8. The fourth-order valence-corrected chi connectivity index (χ4v) is 3.41. The van der Waals surface area contributed by atoms with Crippen LogP contribution in [-0.4, -0.2) is 23.7 Å². The maximum Gasteiger partial charge on any atom is 0.415 e. The lowest BCUT2D eigenvalue weighted by molar-refractivity contribution is -0.188. The number of nitrogens with one attached hydrogen (secondary N) is 1. The van der Waals surface area contributed by atoms with Crippen LogP contribution in [0.4, 0.5) is 13.2 Å². The van der Waals surface area contributed by atoms with Gasteiger partial charge in [-0.2, -0.15) is 13.2 Å². The molecule has 1 aliphatic carbocycles. The average molecular weight is 294 g/mol. The molecule has 118 valence electrons. The number of amides is 1. The van der Waals surface area contributed by atoms with Gasteiger partial charge in [-0.25, -0.2) is 0 Å². The summed E-state index contributed by atoms with van der Waals surface area (Å²) in [6, 6.07) is -0.272. The monoisotopic (exact) mass is 294 g/mol. The quantitative estimate of drug-likeness (QED) is 0.822. The van der Waals surface area contributed by atoms with Crippen molar-refractivity contribution in [2.75, 3.05) is 0 Å². The number of halogens is 3. The Labute approximate surface area is 118 Å². The summed E-state index contributed by atoms with van der Waals surface area (Å²) in [6.45, 7) is 8.98. The normalized spacial score (nSPS) is 25.9. The molecule has 1 rings (SSSR count). The van der Waals surface area contributed by atoms with E-state index in [1.807, 2.05) is 0 Å². The van der Waals surface area contributed by atoms with E-state index in [0.29, 0.717) is 19.8 Å². The Morgan fingerprint density at radius 1 is 1.15 bits per heavy atom. The van der Waals surface area contributed by atoms with Gasteiger partial charge in [-0.1, -0.05) is 27.7 Å². The smallest absolute Gasteiger partial charge is 0.351 e. The van der Waals surface area contributed by atoms with Crippen LogP contribution in [0.1, 0.15) is 53.9 Å². The molecule has 3 nitrogen and oxygen atoms in total. The molecule has 0 aliphatic heterocycles. The first-order chi connectivity index (χ1) is 8.66. The molecule has 0 radical (unpaired) electrons. The van der Waals surface area contributed by atoms with Gasteiger partial charge in [-0.05, 0) is 37.0 Å². The van der Waals surface area contributed by atoms with Gasteiger partial charge in [-0.3, -0.25) is 4.79 Å². The minimum Gasteiger partial charge on any atom is -0.351 e. The molecule has 1 fully saturated rings. The lowest BCUT2D eigenvalue weighted by atomic mass is 9.63. The van der Waals surface area contributed by atoms with Gasteiger partial charge in [-0.15, -0.1) is 0 Å². The highest BCUT2D eigenvalue weighted by Crippen LogP contribution is 2.45. The van der Waals surface area contributed by atoms with E-state index in [9.17, 15) is 18.0 Å². The molecule has 0 heterocycles. The number of hydrogen-bond donors (Lipinski definition) is 2. The van der Waals surface area contributed by atoms with E-state index < -0.39 is 17.6 Å². The summed E-state index contributed by atoms with van der Waals surface area (Å²) in [4.78, 5) is 11.8. The van der Waals surface area contributed by atoms with Gasteiger partial charge in [0.15, 0.2) is 5.54 Å². The van der Waals surface area contributed by atoms with Gasteiger partial charge >= 0.3 is 6.18 Å². The van der Waals surface area contributed by atoms with E-state index in [1.165, 1.54) is 0 Å². The Hall–Kier alpha value is -0.780. The Bertz CT molecular complexity index is 370. The average Bonchev–Trinajstić information content (AvgIpc) is 2.09. The number of alkyl halides is 3. The van der Waals surface area contributed by atoms with Crippen LogP contribution in [0.5, 0.6) is 0 Å². The minimum absolute atomic E-state index is 0.0110. The molecule has 1 amide bonds. The van der Waals surface area contributed by atoms with Crippen molar-refractivity contribution in [2.45, 2.75) is 71.6 Å². The van der Waals surface area contributed by atoms with Gasteiger partial charge in [0.05, 0.1) is 0 Å². The van der Waals surface area contributed by atoms with Gasteiger partial charge in [0, 0.05) is 6.04 Å². The lowest BCUT2D eigenvalue weighted by Gasteiger charge is -2.45. The summed E-state index contributed by atoms with van der Waals surface area (Å²) >= 11 is 0. The lowest BCUT2D eigenvalue weighted by Crippen LogP contribution is -2.63. The van der Waals surface area contributed by atoms with E-state index in [2.05, 4.69) is 33.0 Å². The number of hydrogen-bond acceptors (Lipinski definition) is 2. The molecule has 1 aliphatic rings. The summed E-state index contributed by atoms with van der Waals surface area (Å²) in [5.41, 5.74) is 2.28. The SMILES string of the molecule is CC1(C)CC(NC(=O)C(C)(N)C(F)(F)F)CC(C)(C)C1. The Morgan fingerprint density at radius 2 is 1.55 bits per heavy atom. The zero-order valence-electron chi connectivity index (χ0n) is 12.8. The second-order valence-electron chi connectivity index (χ2n) is 7.78. The number of nitrogens with two attached hydrogens (primary N) is 1. The zero-order valence-corrected chi connectivity index (χ0v) is 12.8. The molecule has 1 saturated carbocycles. The predicted octanol–water partition coefficient (Wildman–Crippen LogP) is 2.99. The predicted molar refractivity (Wildman–Crippen MR) is 72.0 cm³/mol. The molecule has 0 aromatic rings. The highest BCUT2D eigenvalue weighted by Gasteiger charge is 2.54. The largest absolute Gasteiger partial charge is 0.415 e. The van der Waals surface area contributed by atoms with Gasteiger partial charge in [0.1, 0.15) is 0 Å². The summed E-state index contributed by atoms with van der Waals surface area (Å²) in [5, 5.41) is 2.49. The van der Waals surface area contributed by atoms with E-state index in [0.717, 1.165) is 6.42 Å². The van der Waals surface area contributed by atoms with Crippen molar-refractivity contribution in [3.8, 4) is 0 Å². The molecule has 1 unspecified atom stereocenters. The first-order valence-corrected chi connectivity index (χ1v) is 6.83. The van der Waals surface area contributed by atoms with Crippen LogP contribution >= 0.6 is 0 Å². The highest BCUT2D eigenvalue weighted by atomic mass is 19.4. The van der Waals surface area contributed by atoms with Crippen LogP contribution in [0.25, 0.3) is 0 Å². The molecule has 0 saturated heterocycles. The fourth-order valence-electron chi connectivity index (χ4n) is 3.41. The van der Waals surface area contributed by atoms with E-state index in [4.69, 9.17) is 5.73 Å². The zero-order chi connectivity index (χ0) is 16.0. The standard InChI is InChI=1S/C14H25F3N2O/c1-11(2)6-9(7-12(3,4)8-11)19-10(20)13(5,18)14(15,16)17/h9H,6-8,18H2,1-5H3,(H,19,20). The number of carbonyl (C=O) groups is 1. The van der Waals surface area contributed by atoms with Crippen molar-refractivity contribution in [1.82, 2.24) is 5.32 Å². The molecule has 6 heteroatoms. The van der Waals surface area contributed by atoms with Crippen LogP contribution < -0.4 is 11.1 Å². The Balaban J connectivity index is 2.81. The molecule has 3 N–H and O–H groups in total. The molecule has 20 heavy (non-hydrogen) atoms. The first kappa shape index (κ1) is 17.3. The van der Waals surface area contributed by atoms with Crippen molar-refractivity contribution < 1.29 is 18.0 Å². The van der Waals surface area contributed by atoms with Crippen LogP contribution in [0.3, 0.4) is 0 Å². The third kappa shape index (κ3) is 3.87. The van der Waals surface area contributed by atoms with Crippen LogP contribution in [0, 0.1) is 10.8 Å². The molecule has 0 aromatic heterocycles. The number of rotatable bonds is 2.